The number of rotatable bonds is 6. The number of hydrogen-bond acceptors (Lipinski definition) is 5. The highest BCUT2D eigenvalue weighted by atomic mass is 16.5. The highest BCUT2D eigenvalue weighted by Gasteiger charge is 2.41. The van der Waals surface area contributed by atoms with E-state index in [0.717, 1.165) is 25.4 Å². The molecular formula is C12H20N4O. The van der Waals surface area contributed by atoms with E-state index in [-0.39, 0.29) is 0 Å². The summed E-state index contributed by atoms with van der Waals surface area (Å²) in [4.78, 5) is 4.19. The zero-order valence-electron chi connectivity index (χ0n) is 10.2. The molecule has 1 heterocycles. The van der Waals surface area contributed by atoms with E-state index < -0.39 is 0 Å². The van der Waals surface area contributed by atoms with E-state index in [1.54, 1.807) is 13.2 Å². The SMILES string of the molecule is COCCC1(CNc2ccc(N)c(N)n2)CC1. The van der Waals surface area contributed by atoms with Gasteiger partial charge in [-0.2, -0.15) is 0 Å². The molecule has 0 aromatic carbocycles. The van der Waals surface area contributed by atoms with Crippen molar-refractivity contribution in [2.45, 2.75) is 19.3 Å². The van der Waals surface area contributed by atoms with Crippen LogP contribution in [0.5, 0.6) is 0 Å². The Kier molecular flexibility index (Phi) is 3.38. The van der Waals surface area contributed by atoms with Crippen LogP contribution in [0.4, 0.5) is 17.3 Å². The summed E-state index contributed by atoms with van der Waals surface area (Å²) in [6.07, 6.45) is 3.61. The second kappa shape index (κ2) is 4.79. The molecule has 1 aliphatic rings. The molecular weight excluding hydrogens is 216 g/mol. The van der Waals surface area contributed by atoms with Gasteiger partial charge in [0.2, 0.25) is 0 Å². The maximum absolute atomic E-state index is 5.66. The number of anilines is 3. The first-order valence-corrected chi connectivity index (χ1v) is 5.90. The van der Waals surface area contributed by atoms with Crippen molar-refractivity contribution in [3.63, 3.8) is 0 Å². The van der Waals surface area contributed by atoms with Crippen LogP contribution in [0, 0.1) is 5.41 Å². The Morgan fingerprint density at radius 3 is 2.76 bits per heavy atom. The first-order chi connectivity index (χ1) is 8.15. The Morgan fingerprint density at radius 2 is 2.18 bits per heavy atom. The maximum atomic E-state index is 5.66. The summed E-state index contributed by atoms with van der Waals surface area (Å²) in [6.45, 7) is 1.74. The Balaban J connectivity index is 1.87. The van der Waals surface area contributed by atoms with E-state index in [0.29, 0.717) is 16.9 Å². The lowest BCUT2D eigenvalue weighted by atomic mass is 10.0. The molecule has 5 N–H and O–H groups in total. The number of methoxy groups -OCH3 is 1. The topological polar surface area (TPSA) is 86.2 Å². The molecule has 0 amide bonds. The molecule has 0 radical (unpaired) electrons. The molecule has 1 aromatic rings. The average molecular weight is 236 g/mol. The molecule has 0 bridgehead atoms. The molecule has 17 heavy (non-hydrogen) atoms. The highest BCUT2D eigenvalue weighted by Crippen LogP contribution is 2.48. The molecule has 1 aromatic heterocycles. The Hall–Kier alpha value is -1.49. The predicted molar refractivity (Wildman–Crippen MR) is 69.7 cm³/mol. The van der Waals surface area contributed by atoms with Crippen LogP contribution in [0.15, 0.2) is 12.1 Å². The van der Waals surface area contributed by atoms with Crippen LogP contribution in [0.2, 0.25) is 0 Å². The van der Waals surface area contributed by atoms with Gasteiger partial charge in [0.05, 0.1) is 5.69 Å². The van der Waals surface area contributed by atoms with Crippen molar-refractivity contribution in [3.8, 4) is 0 Å². The summed E-state index contributed by atoms with van der Waals surface area (Å²) >= 11 is 0. The minimum absolute atomic E-state index is 0.386. The predicted octanol–water partition coefficient (Wildman–Crippen LogP) is 1.47. The summed E-state index contributed by atoms with van der Waals surface area (Å²) in [5, 5.41) is 3.32. The van der Waals surface area contributed by atoms with Gasteiger partial charge in [-0.15, -0.1) is 0 Å². The zero-order valence-corrected chi connectivity index (χ0v) is 10.2. The van der Waals surface area contributed by atoms with Gasteiger partial charge in [0, 0.05) is 20.3 Å². The smallest absolute Gasteiger partial charge is 0.149 e. The van der Waals surface area contributed by atoms with Gasteiger partial charge in [0.25, 0.3) is 0 Å². The molecule has 0 spiro atoms. The molecule has 0 atom stereocenters. The fourth-order valence-corrected chi connectivity index (χ4v) is 1.87. The van der Waals surface area contributed by atoms with Crippen molar-refractivity contribution in [2.75, 3.05) is 37.0 Å². The van der Waals surface area contributed by atoms with E-state index in [1.165, 1.54) is 12.8 Å². The monoisotopic (exact) mass is 236 g/mol. The number of hydrogen-bond donors (Lipinski definition) is 3. The highest BCUT2D eigenvalue weighted by molar-refractivity contribution is 5.61. The average Bonchev–Trinajstić information content (AvgIpc) is 3.09. The molecule has 0 unspecified atom stereocenters. The van der Waals surface area contributed by atoms with Crippen LogP contribution in [-0.4, -0.2) is 25.2 Å². The molecule has 1 fully saturated rings. The lowest BCUT2D eigenvalue weighted by Crippen LogP contribution is -2.18. The van der Waals surface area contributed by atoms with Crippen LogP contribution in [0.3, 0.4) is 0 Å². The number of ether oxygens (including phenoxy) is 1. The number of pyridine rings is 1. The van der Waals surface area contributed by atoms with Gasteiger partial charge in [-0.05, 0) is 36.8 Å². The third-order valence-electron chi connectivity index (χ3n) is 3.40. The lowest BCUT2D eigenvalue weighted by Gasteiger charge is -2.16. The van der Waals surface area contributed by atoms with Crippen molar-refractivity contribution >= 4 is 17.3 Å². The first-order valence-electron chi connectivity index (χ1n) is 5.90. The van der Waals surface area contributed by atoms with Gasteiger partial charge < -0.3 is 21.5 Å². The molecule has 2 rings (SSSR count). The molecule has 1 saturated carbocycles. The molecule has 0 saturated heterocycles. The molecule has 5 heteroatoms. The van der Waals surface area contributed by atoms with Crippen LogP contribution < -0.4 is 16.8 Å². The van der Waals surface area contributed by atoms with E-state index in [9.17, 15) is 0 Å². The van der Waals surface area contributed by atoms with Gasteiger partial charge in [-0.25, -0.2) is 4.98 Å². The van der Waals surface area contributed by atoms with Crippen LogP contribution >= 0.6 is 0 Å². The minimum atomic E-state index is 0.386. The lowest BCUT2D eigenvalue weighted by molar-refractivity contribution is 0.175. The molecule has 5 nitrogen and oxygen atoms in total. The van der Waals surface area contributed by atoms with E-state index in [2.05, 4.69) is 10.3 Å². The van der Waals surface area contributed by atoms with E-state index in [1.807, 2.05) is 6.07 Å². The molecule has 1 aliphatic carbocycles. The van der Waals surface area contributed by atoms with Gasteiger partial charge in [-0.1, -0.05) is 0 Å². The van der Waals surface area contributed by atoms with Crippen molar-refractivity contribution < 1.29 is 4.74 Å². The van der Waals surface area contributed by atoms with E-state index >= 15 is 0 Å². The molecule has 94 valence electrons. The van der Waals surface area contributed by atoms with E-state index in [4.69, 9.17) is 16.2 Å². The Labute approximate surface area is 102 Å². The number of nitrogens with zero attached hydrogens (tertiary/aromatic N) is 1. The minimum Gasteiger partial charge on any atom is -0.396 e. The third-order valence-corrected chi connectivity index (χ3v) is 3.40. The summed E-state index contributed by atoms with van der Waals surface area (Å²) in [7, 11) is 1.74. The van der Waals surface area contributed by atoms with Crippen LogP contribution in [-0.2, 0) is 4.74 Å². The molecule has 0 aliphatic heterocycles. The van der Waals surface area contributed by atoms with Gasteiger partial charge >= 0.3 is 0 Å². The summed E-state index contributed by atoms with van der Waals surface area (Å²) in [5.74, 6) is 1.18. The van der Waals surface area contributed by atoms with Gasteiger partial charge in [0.1, 0.15) is 11.6 Å². The third kappa shape index (κ3) is 3.00. The van der Waals surface area contributed by atoms with Crippen molar-refractivity contribution in [3.05, 3.63) is 12.1 Å². The van der Waals surface area contributed by atoms with Crippen molar-refractivity contribution in [1.29, 1.82) is 0 Å². The second-order valence-electron chi connectivity index (χ2n) is 4.77. The largest absolute Gasteiger partial charge is 0.396 e. The summed E-state index contributed by atoms with van der Waals surface area (Å²) < 4.78 is 5.12. The Bertz CT molecular complexity index is 390. The Morgan fingerprint density at radius 1 is 1.41 bits per heavy atom. The fraction of sp³-hybridized carbons (Fsp3) is 0.583. The van der Waals surface area contributed by atoms with Crippen molar-refractivity contribution in [1.82, 2.24) is 4.98 Å². The quantitative estimate of drug-likeness (QED) is 0.696. The number of nitrogens with two attached hydrogens (primary N) is 2. The number of aromatic nitrogens is 1. The normalized spacial score (nSPS) is 16.8. The number of nitrogens with one attached hydrogen (secondary N) is 1. The second-order valence-corrected chi connectivity index (χ2v) is 4.77. The summed E-state index contributed by atoms with van der Waals surface area (Å²) in [5.41, 5.74) is 12.2. The zero-order chi connectivity index (χ0) is 12.3. The van der Waals surface area contributed by atoms with Crippen molar-refractivity contribution in [2.24, 2.45) is 5.41 Å². The summed E-state index contributed by atoms with van der Waals surface area (Å²) in [6, 6.07) is 3.64. The van der Waals surface area contributed by atoms with Crippen LogP contribution in [0.1, 0.15) is 19.3 Å². The van der Waals surface area contributed by atoms with Gasteiger partial charge in [-0.3, -0.25) is 0 Å². The maximum Gasteiger partial charge on any atom is 0.149 e. The van der Waals surface area contributed by atoms with Crippen LogP contribution in [0.25, 0.3) is 0 Å². The number of nitrogen functional groups attached to an aromatic ring is 2. The standard InChI is InChI=1S/C12H20N4O/c1-17-7-6-12(4-5-12)8-15-10-3-2-9(13)11(14)16-10/h2-3H,4-8,13H2,1H3,(H3,14,15,16). The van der Waals surface area contributed by atoms with Gasteiger partial charge in [0.15, 0.2) is 0 Å². The fourth-order valence-electron chi connectivity index (χ4n) is 1.87. The first kappa shape index (κ1) is 12.0.